The summed E-state index contributed by atoms with van der Waals surface area (Å²) in [6, 6.07) is 4.72. The van der Waals surface area contributed by atoms with Gasteiger partial charge in [-0.3, -0.25) is 14.8 Å². The molecule has 0 radical (unpaired) electrons. The molecule has 1 atom stereocenters. The molecule has 0 amide bonds. The second kappa shape index (κ2) is 7.03. The zero-order chi connectivity index (χ0) is 15.4. The molecule has 0 spiro atoms. The van der Waals surface area contributed by atoms with Crippen molar-refractivity contribution in [2.24, 2.45) is 0 Å². The summed E-state index contributed by atoms with van der Waals surface area (Å²) in [6.07, 6.45) is 7.77. The van der Waals surface area contributed by atoms with Crippen molar-refractivity contribution in [3.8, 4) is 0 Å². The van der Waals surface area contributed by atoms with Gasteiger partial charge in [-0.2, -0.15) is 0 Å². The fourth-order valence-electron chi connectivity index (χ4n) is 3.16. The maximum Gasteiger partial charge on any atom is 0.122 e. The summed E-state index contributed by atoms with van der Waals surface area (Å²) in [6.45, 7) is 10.7. The van der Waals surface area contributed by atoms with Crippen LogP contribution in [0.4, 0.5) is 0 Å². The summed E-state index contributed by atoms with van der Waals surface area (Å²) in [7, 11) is 0. The lowest BCUT2D eigenvalue weighted by Crippen LogP contribution is -2.51. The Labute approximate surface area is 132 Å². The van der Waals surface area contributed by atoms with Gasteiger partial charge in [0, 0.05) is 63.6 Å². The van der Waals surface area contributed by atoms with Crippen LogP contribution in [0.25, 0.3) is 0 Å². The van der Waals surface area contributed by atoms with Crippen LogP contribution >= 0.6 is 0 Å². The molecule has 22 heavy (non-hydrogen) atoms. The molecule has 0 saturated carbocycles. The van der Waals surface area contributed by atoms with Gasteiger partial charge in [-0.05, 0) is 25.5 Å². The van der Waals surface area contributed by atoms with Gasteiger partial charge in [0.15, 0.2) is 0 Å². The van der Waals surface area contributed by atoms with Crippen molar-refractivity contribution >= 4 is 0 Å². The van der Waals surface area contributed by atoms with Crippen LogP contribution in [0.15, 0.2) is 36.9 Å². The van der Waals surface area contributed by atoms with E-state index in [4.69, 9.17) is 0 Å². The molecule has 0 unspecified atom stereocenters. The molecule has 3 rings (SSSR count). The summed E-state index contributed by atoms with van der Waals surface area (Å²) < 4.78 is 2.23. The second-order valence-corrected chi connectivity index (χ2v) is 6.05. The van der Waals surface area contributed by atoms with E-state index in [2.05, 4.69) is 50.4 Å². The van der Waals surface area contributed by atoms with Gasteiger partial charge < -0.3 is 4.57 Å². The number of imidazole rings is 1. The Morgan fingerprint density at radius 1 is 1.23 bits per heavy atom. The van der Waals surface area contributed by atoms with E-state index in [0.717, 1.165) is 39.3 Å². The van der Waals surface area contributed by atoms with E-state index < -0.39 is 0 Å². The second-order valence-electron chi connectivity index (χ2n) is 6.05. The molecule has 1 aliphatic rings. The van der Waals surface area contributed by atoms with E-state index in [1.807, 2.05) is 24.7 Å². The summed E-state index contributed by atoms with van der Waals surface area (Å²) in [4.78, 5) is 13.8. The highest BCUT2D eigenvalue weighted by atomic mass is 15.3. The van der Waals surface area contributed by atoms with Gasteiger partial charge >= 0.3 is 0 Å². The maximum atomic E-state index is 4.50. The fraction of sp³-hybridized carbons (Fsp3) is 0.529. The number of piperazine rings is 1. The molecule has 118 valence electrons. The van der Waals surface area contributed by atoms with Crippen molar-refractivity contribution in [2.75, 3.05) is 19.6 Å². The first-order chi connectivity index (χ1) is 10.8. The van der Waals surface area contributed by atoms with E-state index in [-0.39, 0.29) is 0 Å². The Morgan fingerprint density at radius 2 is 2.14 bits per heavy atom. The lowest BCUT2D eigenvalue weighted by atomic mass is 10.1. The highest BCUT2D eigenvalue weighted by molar-refractivity contribution is 5.08. The predicted molar refractivity (Wildman–Crippen MR) is 87.3 cm³/mol. The number of rotatable bonds is 5. The van der Waals surface area contributed by atoms with E-state index in [1.165, 1.54) is 11.4 Å². The molecule has 3 heterocycles. The van der Waals surface area contributed by atoms with Gasteiger partial charge in [-0.1, -0.05) is 6.07 Å². The molecule has 0 aliphatic carbocycles. The van der Waals surface area contributed by atoms with Crippen molar-refractivity contribution in [2.45, 2.75) is 39.5 Å². The molecular formula is C17H25N5. The first kappa shape index (κ1) is 15.2. The normalized spacial score (nSPS) is 20.4. The lowest BCUT2D eigenvalue weighted by molar-refractivity contribution is 0.0705. The Hall–Kier alpha value is -1.72. The third-order valence-electron chi connectivity index (χ3n) is 4.47. The molecule has 2 aromatic rings. The van der Waals surface area contributed by atoms with Crippen LogP contribution in [0.1, 0.15) is 25.2 Å². The molecule has 5 heteroatoms. The van der Waals surface area contributed by atoms with Crippen LogP contribution in [-0.4, -0.2) is 50.0 Å². The van der Waals surface area contributed by atoms with Gasteiger partial charge in [0.05, 0.1) is 6.54 Å². The summed E-state index contributed by atoms with van der Waals surface area (Å²) in [5.74, 6) is 1.18. The van der Waals surface area contributed by atoms with Crippen LogP contribution in [0.2, 0.25) is 0 Å². The third-order valence-corrected chi connectivity index (χ3v) is 4.47. The van der Waals surface area contributed by atoms with Crippen LogP contribution in [0.3, 0.4) is 0 Å². The van der Waals surface area contributed by atoms with E-state index in [0.29, 0.717) is 6.04 Å². The van der Waals surface area contributed by atoms with Crippen LogP contribution in [-0.2, 0) is 19.6 Å². The minimum Gasteiger partial charge on any atom is -0.334 e. The van der Waals surface area contributed by atoms with Crippen LogP contribution < -0.4 is 0 Å². The summed E-state index contributed by atoms with van der Waals surface area (Å²) in [5, 5.41) is 0. The van der Waals surface area contributed by atoms with Gasteiger partial charge in [-0.25, -0.2) is 4.98 Å². The molecule has 0 bridgehead atoms. The Balaban J connectivity index is 1.56. The Kier molecular flexibility index (Phi) is 4.85. The van der Waals surface area contributed by atoms with Gasteiger partial charge in [0.2, 0.25) is 0 Å². The van der Waals surface area contributed by atoms with Crippen molar-refractivity contribution in [3.05, 3.63) is 48.3 Å². The van der Waals surface area contributed by atoms with Gasteiger partial charge in [-0.15, -0.1) is 0 Å². The fourth-order valence-corrected chi connectivity index (χ4v) is 3.16. The van der Waals surface area contributed by atoms with E-state index >= 15 is 0 Å². The molecule has 0 N–H and O–H groups in total. The number of nitrogens with zero attached hydrogens (tertiary/aromatic N) is 5. The molecule has 2 aromatic heterocycles. The topological polar surface area (TPSA) is 37.2 Å². The number of hydrogen-bond donors (Lipinski definition) is 0. The summed E-state index contributed by atoms with van der Waals surface area (Å²) >= 11 is 0. The molecule has 1 fully saturated rings. The lowest BCUT2D eigenvalue weighted by Gasteiger charge is -2.39. The largest absolute Gasteiger partial charge is 0.334 e. The number of aromatic nitrogens is 3. The van der Waals surface area contributed by atoms with Crippen molar-refractivity contribution in [1.82, 2.24) is 24.3 Å². The molecule has 0 aromatic carbocycles. The first-order valence-corrected chi connectivity index (χ1v) is 8.11. The minimum absolute atomic E-state index is 0.549. The smallest absolute Gasteiger partial charge is 0.122 e. The molecule has 5 nitrogen and oxygen atoms in total. The zero-order valence-electron chi connectivity index (χ0n) is 13.5. The molecular weight excluding hydrogens is 274 g/mol. The van der Waals surface area contributed by atoms with Crippen molar-refractivity contribution in [3.63, 3.8) is 0 Å². The molecule has 1 saturated heterocycles. The Morgan fingerprint density at radius 3 is 2.86 bits per heavy atom. The van der Waals surface area contributed by atoms with Crippen molar-refractivity contribution < 1.29 is 0 Å². The quantitative estimate of drug-likeness (QED) is 0.846. The summed E-state index contributed by atoms with van der Waals surface area (Å²) in [5.41, 5.74) is 1.30. The van der Waals surface area contributed by atoms with E-state index in [1.54, 1.807) is 0 Å². The predicted octanol–water partition coefficient (Wildman–Crippen LogP) is 2.00. The monoisotopic (exact) mass is 299 g/mol. The third kappa shape index (κ3) is 3.54. The number of hydrogen-bond acceptors (Lipinski definition) is 4. The van der Waals surface area contributed by atoms with E-state index in [9.17, 15) is 0 Å². The van der Waals surface area contributed by atoms with Crippen LogP contribution in [0, 0.1) is 0 Å². The van der Waals surface area contributed by atoms with Crippen LogP contribution in [0.5, 0.6) is 0 Å². The van der Waals surface area contributed by atoms with Crippen molar-refractivity contribution in [1.29, 1.82) is 0 Å². The van der Waals surface area contributed by atoms with Gasteiger partial charge in [0.25, 0.3) is 0 Å². The highest BCUT2D eigenvalue weighted by Gasteiger charge is 2.24. The number of pyridine rings is 1. The SMILES string of the molecule is CCn1ccnc1CN1CCN(Cc2cccnc2)C[C@@H]1C. The standard InChI is InChI=1S/C17H25N5/c1-3-21-8-7-19-17(21)14-22-10-9-20(12-15(22)2)13-16-5-4-6-18-11-16/h4-8,11,15H,3,9-10,12-14H2,1-2H3/t15-/m0/s1. The maximum absolute atomic E-state index is 4.50. The highest BCUT2D eigenvalue weighted by Crippen LogP contribution is 2.15. The zero-order valence-corrected chi connectivity index (χ0v) is 13.5. The molecule has 1 aliphatic heterocycles. The minimum atomic E-state index is 0.549. The average Bonchev–Trinajstić information content (AvgIpc) is 2.98. The number of aryl methyl sites for hydroxylation is 1. The first-order valence-electron chi connectivity index (χ1n) is 8.11. The average molecular weight is 299 g/mol. The Bertz CT molecular complexity index is 580. The van der Waals surface area contributed by atoms with Gasteiger partial charge in [0.1, 0.15) is 5.82 Å².